The molecule has 0 amide bonds. The zero-order valence-electron chi connectivity index (χ0n) is 10.6. The van der Waals surface area contributed by atoms with Crippen LogP contribution in [0, 0.1) is 17.0 Å². The maximum Gasteiger partial charge on any atom is 0.274 e. The lowest BCUT2D eigenvalue weighted by Gasteiger charge is -2.11. The molecule has 18 heavy (non-hydrogen) atoms. The van der Waals surface area contributed by atoms with Crippen molar-refractivity contribution in [2.45, 2.75) is 32.2 Å². The second kappa shape index (κ2) is 5.82. The summed E-state index contributed by atoms with van der Waals surface area (Å²) in [6.45, 7) is 3.71. The van der Waals surface area contributed by atoms with Crippen LogP contribution in [-0.2, 0) is 0 Å². The summed E-state index contributed by atoms with van der Waals surface area (Å²) in [5.74, 6) is 0. The smallest absolute Gasteiger partial charge is 0.274 e. The Morgan fingerprint density at radius 3 is 3.06 bits per heavy atom. The molecule has 1 atom stereocenters. The van der Waals surface area contributed by atoms with Crippen LogP contribution in [0.5, 0.6) is 0 Å². The first-order chi connectivity index (χ1) is 8.66. The van der Waals surface area contributed by atoms with E-state index >= 15 is 0 Å². The van der Waals surface area contributed by atoms with E-state index in [1.807, 2.05) is 6.07 Å². The molecular weight excluding hydrogens is 230 g/mol. The largest absolute Gasteiger partial charge is 0.385 e. The summed E-state index contributed by atoms with van der Waals surface area (Å²) in [7, 11) is 0. The van der Waals surface area contributed by atoms with Crippen molar-refractivity contribution in [3.05, 3.63) is 33.9 Å². The van der Waals surface area contributed by atoms with E-state index in [0.29, 0.717) is 11.6 Å². The van der Waals surface area contributed by atoms with Crippen LogP contribution in [0.15, 0.2) is 18.2 Å². The van der Waals surface area contributed by atoms with Crippen molar-refractivity contribution in [3.63, 3.8) is 0 Å². The number of anilines is 1. The molecule has 0 unspecified atom stereocenters. The Labute approximate surface area is 107 Å². The highest BCUT2D eigenvalue weighted by molar-refractivity contribution is 5.54. The fourth-order valence-corrected chi connectivity index (χ4v) is 2.31. The molecule has 0 spiro atoms. The van der Waals surface area contributed by atoms with Crippen molar-refractivity contribution in [2.24, 2.45) is 0 Å². The first-order valence-corrected chi connectivity index (χ1v) is 6.39. The van der Waals surface area contributed by atoms with Crippen LogP contribution in [0.25, 0.3) is 0 Å². The van der Waals surface area contributed by atoms with Crippen LogP contribution < -0.4 is 10.6 Å². The van der Waals surface area contributed by atoms with E-state index in [0.717, 1.165) is 25.2 Å². The third-order valence-corrected chi connectivity index (χ3v) is 3.39. The molecule has 0 radical (unpaired) electrons. The van der Waals surface area contributed by atoms with E-state index in [-0.39, 0.29) is 10.6 Å². The van der Waals surface area contributed by atoms with Gasteiger partial charge in [-0.05, 0) is 38.8 Å². The van der Waals surface area contributed by atoms with Crippen molar-refractivity contribution in [1.29, 1.82) is 0 Å². The van der Waals surface area contributed by atoms with E-state index in [2.05, 4.69) is 10.6 Å². The molecule has 0 aromatic heterocycles. The van der Waals surface area contributed by atoms with Gasteiger partial charge >= 0.3 is 0 Å². The van der Waals surface area contributed by atoms with Gasteiger partial charge in [0.25, 0.3) is 5.69 Å². The Kier molecular flexibility index (Phi) is 4.15. The van der Waals surface area contributed by atoms with Gasteiger partial charge in [-0.15, -0.1) is 0 Å². The molecule has 1 aliphatic rings. The van der Waals surface area contributed by atoms with Crippen LogP contribution in [0.3, 0.4) is 0 Å². The Morgan fingerprint density at radius 1 is 1.56 bits per heavy atom. The van der Waals surface area contributed by atoms with E-state index in [4.69, 9.17) is 0 Å². The normalized spacial score (nSPS) is 18.8. The summed E-state index contributed by atoms with van der Waals surface area (Å²) in [5, 5.41) is 17.5. The highest BCUT2D eigenvalue weighted by Crippen LogP contribution is 2.22. The minimum absolute atomic E-state index is 0.180. The van der Waals surface area contributed by atoms with Gasteiger partial charge in [0.15, 0.2) is 0 Å². The molecular formula is C13H19N3O2. The molecule has 98 valence electrons. The predicted octanol–water partition coefficient (Wildman–Crippen LogP) is 2.46. The lowest BCUT2D eigenvalue weighted by atomic mass is 10.1. The van der Waals surface area contributed by atoms with Crippen LogP contribution >= 0.6 is 0 Å². The van der Waals surface area contributed by atoms with Gasteiger partial charge in [0.05, 0.1) is 4.92 Å². The minimum Gasteiger partial charge on any atom is -0.385 e. The summed E-state index contributed by atoms with van der Waals surface area (Å²) in [4.78, 5) is 10.5. The number of rotatable bonds is 5. The van der Waals surface area contributed by atoms with E-state index < -0.39 is 0 Å². The average Bonchev–Trinajstić information content (AvgIpc) is 2.84. The molecule has 1 aromatic carbocycles. The highest BCUT2D eigenvalue weighted by atomic mass is 16.6. The van der Waals surface area contributed by atoms with Crippen molar-refractivity contribution in [1.82, 2.24) is 5.32 Å². The molecule has 1 fully saturated rings. The molecule has 1 aliphatic heterocycles. The number of nitro groups is 1. The molecule has 5 heteroatoms. The van der Waals surface area contributed by atoms with Crippen molar-refractivity contribution < 1.29 is 4.92 Å². The summed E-state index contributed by atoms with van der Waals surface area (Å²) < 4.78 is 0. The lowest BCUT2D eigenvalue weighted by molar-refractivity contribution is -0.385. The monoisotopic (exact) mass is 249 g/mol. The van der Waals surface area contributed by atoms with Crippen LogP contribution in [-0.4, -0.2) is 24.1 Å². The number of nitro benzene ring substituents is 1. The Balaban J connectivity index is 1.88. The Bertz CT molecular complexity index is 428. The minimum atomic E-state index is -0.334. The Morgan fingerprint density at radius 2 is 2.39 bits per heavy atom. The summed E-state index contributed by atoms with van der Waals surface area (Å²) in [5.41, 5.74) is 1.70. The van der Waals surface area contributed by atoms with Gasteiger partial charge in [0, 0.05) is 29.9 Å². The van der Waals surface area contributed by atoms with E-state index in [1.165, 1.54) is 12.8 Å². The number of aryl methyl sites for hydroxylation is 1. The third kappa shape index (κ3) is 3.20. The van der Waals surface area contributed by atoms with Crippen LogP contribution in [0.2, 0.25) is 0 Å². The van der Waals surface area contributed by atoms with Gasteiger partial charge < -0.3 is 10.6 Å². The molecule has 5 nitrogen and oxygen atoms in total. The average molecular weight is 249 g/mol. The fourth-order valence-electron chi connectivity index (χ4n) is 2.31. The predicted molar refractivity (Wildman–Crippen MR) is 72.0 cm³/mol. The lowest BCUT2D eigenvalue weighted by Crippen LogP contribution is -2.24. The number of hydrogen-bond donors (Lipinski definition) is 2. The van der Waals surface area contributed by atoms with Gasteiger partial charge in [-0.3, -0.25) is 10.1 Å². The van der Waals surface area contributed by atoms with E-state index in [1.54, 1.807) is 19.1 Å². The number of nitrogens with one attached hydrogen (secondary N) is 2. The molecule has 0 saturated carbocycles. The molecule has 0 bridgehead atoms. The maximum absolute atomic E-state index is 10.8. The molecule has 0 aliphatic carbocycles. The first-order valence-electron chi connectivity index (χ1n) is 6.39. The molecule has 1 heterocycles. The number of nitrogens with zero attached hydrogens (tertiary/aromatic N) is 1. The highest BCUT2D eigenvalue weighted by Gasteiger charge is 2.14. The van der Waals surface area contributed by atoms with Crippen molar-refractivity contribution >= 4 is 11.4 Å². The summed E-state index contributed by atoms with van der Waals surface area (Å²) in [6, 6.07) is 5.88. The van der Waals surface area contributed by atoms with Crippen LogP contribution in [0.4, 0.5) is 11.4 Å². The third-order valence-electron chi connectivity index (χ3n) is 3.39. The molecule has 1 saturated heterocycles. The zero-order chi connectivity index (χ0) is 13.0. The standard InChI is InChI=1S/C13H19N3O2/c1-10-4-5-12(9-13(10)16(17)18)15-8-6-11-3-2-7-14-11/h4-5,9,11,14-15H,2-3,6-8H2,1H3/t11-/m0/s1. The van der Waals surface area contributed by atoms with Crippen LogP contribution in [0.1, 0.15) is 24.8 Å². The maximum atomic E-state index is 10.8. The van der Waals surface area contributed by atoms with Crippen molar-refractivity contribution in [3.8, 4) is 0 Å². The van der Waals surface area contributed by atoms with Crippen molar-refractivity contribution in [2.75, 3.05) is 18.4 Å². The second-order valence-electron chi connectivity index (χ2n) is 4.77. The van der Waals surface area contributed by atoms with E-state index in [9.17, 15) is 10.1 Å². The second-order valence-corrected chi connectivity index (χ2v) is 4.77. The van der Waals surface area contributed by atoms with Gasteiger partial charge in [-0.1, -0.05) is 6.07 Å². The summed E-state index contributed by atoms with van der Waals surface area (Å²) in [6.07, 6.45) is 3.54. The van der Waals surface area contributed by atoms with Gasteiger partial charge in [0.1, 0.15) is 0 Å². The fraction of sp³-hybridized carbons (Fsp3) is 0.538. The first kappa shape index (κ1) is 12.8. The van der Waals surface area contributed by atoms with Gasteiger partial charge in [0.2, 0.25) is 0 Å². The molecule has 1 aromatic rings. The molecule has 2 N–H and O–H groups in total. The molecule has 2 rings (SSSR count). The number of benzene rings is 1. The topological polar surface area (TPSA) is 67.2 Å². The van der Waals surface area contributed by atoms with Gasteiger partial charge in [-0.2, -0.15) is 0 Å². The van der Waals surface area contributed by atoms with Gasteiger partial charge in [-0.25, -0.2) is 0 Å². The SMILES string of the molecule is Cc1ccc(NCC[C@@H]2CCCN2)cc1[N+](=O)[O-]. The summed E-state index contributed by atoms with van der Waals surface area (Å²) >= 11 is 0. The zero-order valence-corrected chi connectivity index (χ0v) is 10.6. The Hall–Kier alpha value is -1.62. The number of hydrogen-bond acceptors (Lipinski definition) is 4. The quantitative estimate of drug-likeness (QED) is 0.621.